The van der Waals surface area contributed by atoms with Crippen LogP contribution in [0.4, 0.5) is 0 Å². The van der Waals surface area contributed by atoms with E-state index in [2.05, 4.69) is 10.1 Å². The summed E-state index contributed by atoms with van der Waals surface area (Å²) < 4.78 is 5.08. The molecule has 1 unspecified atom stereocenters. The topological polar surface area (TPSA) is 85.2 Å². The smallest absolute Gasteiger partial charge is 0.255 e. The van der Waals surface area contributed by atoms with Crippen LogP contribution in [0.25, 0.3) is 22.2 Å². The van der Waals surface area contributed by atoms with Gasteiger partial charge in [-0.05, 0) is 29.8 Å². The Kier molecular flexibility index (Phi) is 3.45. The van der Waals surface area contributed by atoms with E-state index in [-0.39, 0.29) is 5.89 Å². The number of aliphatic hydroxyl groups is 1. The van der Waals surface area contributed by atoms with Crippen LogP contribution in [0.15, 0.2) is 47.0 Å². The molecule has 0 spiro atoms. The summed E-state index contributed by atoms with van der Waals surface area (Å²) in [5, 5.41) is 16.0. The lowest BCUT2D eigenvalue weighted by molar-refractivity contribution is 0.127. The summed E-state index contributed by atoms with van der Waals surface area (Å²) >= 11 is 0. The number of benzene rings is 2. The standard InChI is InChI=1S/C15H15N3O2/c16-8-7-13(19)15-17-14(18-20-15)12-6-5-10-3-1-2-4-11(10)9-12/h1-6,9,13,19H,7-8,16H2. The van der Waals surface area contributed by atoms with Crippen LogP contribution in [-0.2, 0) is 0 Å². The second kappa shape index (κ2) is 5.40. The Hall–Kier alpha value is -2.24. The highest BCUT2D eigenvalue weighted by Crippen LogP contribution is 2.24. The van der Waals surface area contributed by atoms with E-state index in [4.69, 9.17) is 10.3 Å². The van der Waals surface area contributed by atoms with Crippen molar-refractivity contribution >= 4 is 10.8 Å². The molecule has 1 aromatic heterocycles. The maximum absolute atomic E-state index is 9.78. The van der Waals surface area contributed by atoms with Gasteiger partial charge < -0.3 is 15.4 Å². The molecule has 102 valence electrons. The van der Waals surface area contributed by atoms with Gasteiger partial charge in [-0.25, -0.2) is 0 Å². The average molecular weight is 269 g/mol. The molecule has 0 saturated heterocycles. The Morgan fingerprint density at radius 2 is 1.95 bits per heavy atom. The number of aliphatic hydroxyl groups excluding tert-OH is 1. The van der Waals surface area contributed by atoms with Crippen LogP contribution < -0.4 is 5.73 Å². The molecule has 3 rings (SSSR count). The minimum atomic E-state index is -0.804. The summed E-state index contributed by atoms with van der Waals surface area (Å²) in [6, 6.07) is 14.0. The van der Waals surface area contributed by atoms with Crippen LogP contribution in [0.2, 0.25) is 0 Å². The summed E-state index contributed by atoms with van der Waals surface area (Å²) in [6.07, 6.45) is -0.402. The van der Waals surface area contributed by atoms with Crippen molar-refractivity contribution in [2.24, 2.45) is 5.73 Å². The highest BCUT2D eigenvalue weighted by molar-refractivity contribution is 5.86. The van der Waals surface area contributed by atoms with Crippen molar-refractivity contribution in [1.29, 1.82) is 0 Å². The number of nitrogens with zero attached hydrogens (tertiary/aromatic N) is 2. The molecule has 0 fully saturated rings. The molecule has 20 heavy (non-hydrogen) atoms. The monoisotopic (exact) mass is 269 g/mol. The predicted molar refractivity (Wildman–Crippen MR) is 75.9 cm³/mol. The zero-order valence-corrected chi connectivity index (χ0v) is 10.9. The van der Waals surface area contributed by atoms with E-state index in [0.29, 0.717) is 18.8 Å². The first-order chi connectivity index (χ1) is 9.78. The minimum Gasteiger partial charge on any atom is -0.383 e. The van der Waals surface area contributed by atoms with Gasteiger partial charge in [0.2, 0.25) is 5.82 Å². The number of hydrogen-bond acceptors (Lipinski definition) is 5. The number of rotatable bonds is 4. The van der Waals surface area contributed by atoms with Crippen molar-refractivity contribution in [2.75, 3.05) is 6.54 Å². The van der Waals surface area contributed by atoms with Gasteiger partial charge in [-0.15, -0.1) is 0 Å². The molecule has 0 radical (unpaired) electrons. The molecule has 0 aliphatic heterocycles. The van der Waals surface area contributed by atoms with E-state index >= 15 is 0 Å². The SMILES string of the molecule is NCCC(O)c1nc(-c2ccc3ccccc3c2)no1. The van der Waals surface area contributed by atoms with Crippen molar-refractivity contribution in [3.05, 3.63) is 48.4 Å². The third kappa shape index (κ3) is 2.41. The lowest BCUT2D eigenvalue weighted by Gasteiger charge is -2.01. The maximum Gasteiger partial charge on any atom is 0.255 e. The Bertz CT molecular complexity index is 724. The van der Waals surface area contributed by atoms with Crippen LogP contribution in [0, 0.1) is 0 Å². The molecule has 2 aromatic carbocycles. The molecule has 1 atom stereocenters. The molecule has 0 saturated carbocycles. The summed E-state index contributed by atoms with van der Waals surface area (Å²) in [4.78, 5) is 4.22. The summed E-state index contributed by atoms with van der Waals surface area (Å²) in [6.45, 7) is 0.370. The number of hydrogen-bond donors (Lipinski definition) is 2. The fourth-order valence-electron chi connectivity index (χ4n) is 2.10. The zero-order valence-electron chi connectivity index (χ0n) is 10.9. The van der Waals surface area contributed by atoms with Crippen LogP contribution in [0.5, 0.6) is 0 Å². The van der Waals surface area contributed by atoms with Gasteiger partial charge in [-0.2, -0.15) is 4.98 Å². The highest BCUT2D eigenvalue weighted by atomic mass is 16.5. The van der Waals surface area contributed by atoms with E-state index in [0.717, 1.165) is 16.3 Å². The van der Waals surface area contributed by atoms with Gasteiger partial charge in [-0.1, -0.05) is 41.6 Å². The molecule has 1 heterocycles. The lowest BCUT2D eigenvalue weighted by Crippen LogP contribution is -2.06. The first-order valence-electron chi connectivity index (χ1n) is 6.49. The molecule has 0 aliphatic rings. The highest BCUT2D eigenvalue weighted by Gasteiger charge is 2.16. The van der Waals surface area contributed by atoms with Gasteiger partial charge in [0, 0.05) is 5.56 Å². The Morgan fingerprint density at radius 3 is 2.75 bits per heavy atom. The Morgan fingerprint density at radius 1 is 1.15 bits per heavy atom. The molecule has 3 aromatic rings. The third-order valence-electron chi connectivity index (χ3n) is 3.17. The summed E-state index contributed by atoms with van der Waals surface area (Å²) in [5.41, 5.74) is 6.26. The van der Waals surface area contributed by atoms with E-state index in [1.807, 2.05) is 42.5 Å². The molecule has 0 bridgehead atoms. The average Bonchev–Trinajstić information content (AvgIpc) is 2.97. The lowest BCUT2D eigenvalue weighted by atomic mass is 10.1. The van der Waals surface area contributed by atoms with Gasteiger partial charge >= 0.3 is 0 Å². The molecule has 5 nitrogen and oxygen atoms in total. The first-order valence-corrected chi connectivity index (χ1v) is 6.49. The van der Waals surface area contributed by atoms with Gasteiger partial charge in [0.1, 0.15) is 6.10 Å². The normalized spacial score (nSPS) is 12.7. The molecule has 0 aliphatic carbocycles. The van der Waals surface area contributed by atoms with Crippen molar-refractivity contribution < 1.29 is 9.63 Å². The predicted octanol–water partition coefficient (Wildman–Crippen LogP) is 2.27. The fraction of sp³-hybridized carbons (Fsp3) is 0.200. The van der Waals surface area contributed by atoms with Crippen molar-refractivity contribution in [1.82, 2.24) is 10.1 Å². The molecular formula is C15H15N3O2. The fourth-order valence-corrected chi connectivity index (χ4v) is 2.10. The summed E-state index contributed by atoms with van der Waals surface area (Å²) in [7, 11) is 0. The van der Waals surface area contributed by atoms with E-state index < -0.39 is 6.10 Å². The van der Waals surface area contributed by atoms with Gasteiger partial charge in [0.15, 0.2) is 0 Å². The summed E-state index contributed by atoms with van der Waals surface area (Å²) in [5.74, 6) is 0.681. The van der Waals surface area contributed by atoms with Crippen LogP contribution in [-0.4, -0.2) is 21.8 Å². The van der Waals surface area contributed by atoms with Crippen LogP contribution in [0.3, 0.4) is 0 Å². The van der Waals surface area contributed by atoms with Crippen LogP contribution in [0.1, 0.15) is 18.4 Å². The minimum absolute atomic E-state index is 0.207. The van der Waals surface area contributed by atoms with Crippen LogP contribution >= 0.6 is 0 Å². The van der Waals surface area contributed by atoms with E-state index in [9.17, 15) is 5.11 Å². The van der Waals surface area contributed by atoms with Gasteiger partial charge in [0.05, 0.1) is 0 Å². The first kappa shape index (κ1) is 12.8. The van der Waals surface area contributed by atoms with Crippen molar-refractivity contribution in [3.8, 4) is 11.4 Å². The quantitative estimate of drug-likeness (QED) is 0.759. The molecular weight excluding hydrogens is 254 g/mol. The van der Waals surface area contributed by atoms with Gasteiger partial charge in [-0.3, -0.25) is 0 Å². The third-order valence-corrected chi connectivity index (χ3v) is 3.17. The van der Waals surface area contributed by atoms with Crippen molar-refractivity contribution in [3.63, 3.8) is 0 Å². The Labute approximate surface area is 116 Å². The molecule has 3 N–H and O–H groups in total. The van der Waals surface area contributed by atoms with E-state index in [1.165, 1.54) is 0 Å². The zero-order chi connectivity index (χ0) is 13.9. The molecule has 0 amide bonds. The molecule has 5 heteroatoms. The second-order valence-electron chi connectivity index (χ2n) is 4.61. The van der Waals surface area contributed by atoms with Gasteiger partial charge in [0.25, 0.3) is 5.89 Å². The second-order valence-corrected chi connectivity index (χ2v) is 4.61. The largest absolute Gasteiger partial charge is 0.383 e. The van der Waals surface area contributed by atoms with E-state index in [1.54, 1.807) is 0 Å². The van der Waals surface area contributed by atoms with Crippen molar-refractivity contribution in [2.45, 2.75) is 12.5 Å². The number of aromatic nitrogens is 2. The number of nitrogens with two attached hydrogens (primary N) is 1. The Balaban J connectivity index is 1.94. The number of fused-ring (bicyclic) bond motifs is 1. The maximum atomic E-state index is 9.78.